The molecule has 0 radical (unpaired) electrons. The topological polar surface area (TPSA) is 12.9 Å². The zero-order chi connectivity index (χ0) is 10.1. The molecule has 1 nitrogen and oxygen atoms in total. The Bertz CT molecular complexity index is 447. The van der Waals surface area contributed by atoms with Crippen molar-refractivity contribution >= 4 is 22.9 Å². The lowest BCUT2D eigenvalue weighted by atomic mass is 10.2. The molecule has 1 aromatic heterocycles. The maximum Gasteiger partial charge on any atom is 0.134 e. The van der Waals surface area contributed by atoms with Crippen molar-refractivity contribution in [2.24, 2.45) is 0 Å². The molecule has 0 aliphatic carbocycles. The highest BCUT2D eigenvalue weighted by Crippen LogP contribution is 2.32. The summed E-state index contributed by atoms with van der Waals surface area (Å²) in [6.45, 7) is 1.93. The number of thiazole rings is 1. The molecule has 0 N–H and O–H groups in total. The lowest BCUT2D eigenvalue weighted by Gasteiger charge is -2.00. The van der Waals surface area contributed by atoms with Crippen LogP contribution >= 0.6 is 22.9 Å². The van der Waals surface area contributed by atoms with E-state index in [1.165, 1.54) is 17.4 Å². The van der Waals surface area contributed by atoms with E-state index in [-0.39, 0.29) is 5.82 Å². The van der Waals surface area contributed by atoms with Crippen LogP contribution in [0, 0.1) is 12.7 Å². The van der Waals surface area contributed by atoms with Crippen molar-refractivity contribution in [1.29, 1.82) is 0 Å². The number of hydrogen-bond donors (Lipinski definition) is 0. The Morgan fingerprint density at radius 1 is 1.43 bits per heavy atom. The van der Waals surface area contributed by atoms with Gasteiger partial charge in [-0.2, -0.15) is 0 Å². The van der Waals surface area contributed by atoms with Gasteiger partial charge in [-0.3, -0.25) is 0 Å². The summed E-state index contributed by atoms with van der Waals surface area (Å²) in [5.41, 5.74) is 0.396. The number of halogens is 2. The summed E-state index contributed by atoms with van der Waals surface area (Å²) in [7, 11) is 0. The Balaban J connectivity index is 2.61. The Kier molecular flexibility index (Phi) is 2.52. The Labute approximate surface area is 90.2 Å². The van der Waals surface area contributed by atoms with Crippen LogP contribution in [0.1, 0.15) is 4.88 Å². The molecule has 2 rings (SSSR count). The number of rotatable bonds is 1. The Hall–Kier alpha value is -0.930. The van der Waals surface area contributed by atoms with E-state index in [4.69, 9.17) is 11.6 Å². The first-order valence-electron chi connectivity index (χ1n) is 4.05. The van der Waals surface area contributed by atoms with E-state index in [0.717, 1.165) is 4.88 Å². The van der Waals surface area contributed by atoms with E-state index in [2.05, 4.69) is 4.98 Å². The van der Waals surface area contributed by atoms with E-state index in [1.54, 1.807) is 18.3 Å². The lowest BCUT2D eigenvalue weighted by molar-refractivity contribution is 0.631. The number of benzene rings is 1. The monoisotopic (exact) mass is 227 g/mol. The van der Waals surface area contributed by atoms with Crippen molar-refractivity contribution in [3.8, 4) is 10.6 Å². The third kappa shape index (κ3) is 1.65. The van der Waals surface area contributed by atoms with Gasteiger partial charge in [0.15, 0.2) is 0 Å². The van der Waals surface area contributed by atoms with E-state index in [9.17, 15) is 4.39 Å². The highest BCUT2D eigenvalue weighted by Gasteiger charge is 2.12. The fraction of sp³-hybridized carbons (Fsp3) is 0.100. The minimum Gasteiger partial charge on any atom is -0.244 e. The second-order valence-electron chi connectivity index (χ2n) is 2.87. The molecule has 0 fully saturated rings. The van der Waals surface area contributed by atoms with Crippen molar-refractivity contribution in [1.82, 2.24) is 4.98 Å². The van der Waals surface area contributed by atoms with E-state index >= 15 is 0 Å². The van der Waals surface area contributed by atoms with Gasteiger partial charge in [-0.05, 0) is 19.1 Å². The standard InChI is InChI=1S/C10H7ClFNS/c1-6-5-13-10(14-6)9-7(11)3-2-4-8(9)12/h2-5H,1H3. The van der Waals surface area contributed by atoms with Gasteiger partial charge in [0.1, 0.15) is 10.8 Å². The zero-order valence-corrected chi connectivity index (χ0v) is 8.99. The van der Waals surface area contributed by atoms with Crippen molar-refractivity contribution in [2.75, 3.05) is 0 Å². The smallest absolute Gasteiger partial charge is 0.134 e. The third-order valence-corrected chi connectivity index (χ3v) is 3.04. The minimum atomic E-state index is -0.327. The van der Waals surface area contributed by atoms with Crippen LogP contribution in [0.2, 0.25) is 5.02 Å². The normalized spacial score (nSPS) is 10.5. The van der Waals surface area contributed by atoms with Crippen molar-refractivity contribution in [3.63, 3.8) is 0 Å². The molecule has 0 aliphatic heterocycles. The SMILES string of the molecule is Cc1cnc(-c2c(F)cccc2Cl)s1. The van der Waals surface area contributed by atoms with Gasteiger partial charge in [0, 0.05) is 11.1 Å². The summed E-state index contributed by atoms with van der Waals surface area (Å²) < 4.78 is 13.4. The molecule has 0 amide bonds. The molecular weight excluding hydrogens is 221 g/mol. The molecule has 72 valence electrons. The predicted molar refractivity (Wildman–Crippen MR) is 57.3 cm³/mol. The molecule has 0 aliphatic rings. The van der Waals surface area contributed by atoms with Crippen LogP contribution in [-0.2, 0) is 0 Å². The summed E-state index contributed by atoms with van der Waals surface area (Å²) in [6.07, 6.45) is 1.71. The largest absolute Gasteiger partial charge is 0.244 e. The first-order valence-corrected chi connectivity index (χ1v) is 5.25. The molecule has 0 spiro atoms. The predicted octanol–water partition coefficient (Wildman–Crippen LogP) is 3.91. The first kappa shape index (κ1) is 9.62. The maximum atomic E-state index is 13.4. The number of nitrogens with zero attached hydrogens (tertiary/aromatic N) is 1. The number of aromatic nitrogens is 1. The van der Waals surface area contributed by atoms with Crippen molar-refractivity contribution in [2.45, 2.75) is 6.92 Å². The van der Waals surface area contributed by atoms with E-state index < -0.39 is 0 Å². The maximum absolute atomic E-state index is 13.4. The first-order chi connectivity index (χ1) is 6.68. The molecule has 4 heteroatoms. The van der Waals surface area contributed by atoms with Gasteiger partial charge in [0.25, 0.3) is 0 Å². The molecular formula is C10H7ClFNS. The van der Waals surface area contributed by atoms with E-state index in [1.807, 2.05) is 6.92 Å². The molecule has 0 unspecified atom stereocenters. The molecule has 0 atom stereocenters. The zero-order valence-electron chi connectivity index (χ0n) is 7.42. The van der Waals surface area contributed by atoms with Crippen LogP contribution < -0.4 is 0 Å². The molecule has 14 heavy (non-hydrogen) atoms. The van der Waals surface area contributed by atoms with Crippen LogP contribution in [0.4, 0.5) is 4.39 Å². The Morgan fingerprint density at radius 2 is 2.21 bits per heavy atom. The van der Waals surface area contributed by atoms with Crippen LogP contribution in [0.15, 0.2) is 24.4 Å². The van der Waals surface area contributed by atoms with Gasteiger partial charge >= 0.3 is 0 Å². The molecule has 0 saturated heterocycles. The molecule has 0 saturated carbocycles. The van der Waals surface area contributed by atoms with Gasteiger partial charge in [-0.25, -0.2) is 9.37 Å². The van der Waals surface area contributed by atoms with Crippen LogP contribution in [0.5, 0.6) is 0 Å². The van der Waals surface area contributed by atoms with Gasteiger partial charge in [-0.15, -0.1) is 11.3 Å². The highest BCUT2D eigenvalue weighted by atomic mass is 35.5. The summed E-state index contributed by atoms with van der Waals surface area (Å²) in [4.78, 5) is 5.14. The van der Waals surface area contributed by atoms with Gasteiger partial charge in [0.05, 0.1) is 10.6 Å². The van der Waals surface area contributed by atoms with E-state index in [0.29, 0.717) is 15.6 Å². The number of hydrogen-bond acceptors (Lipinski definition) is 2. The van der Waals surface area contributed by atoms with Gasteiger partial charge < -0.3 is 0 Å². The van der Waals surface area contributed by atoms with Crippen LogP contribution in [0.25, 0.3) is 10.6 Å². The summed E-state index contributed by atoms with van der Waals surface area (Å²) in [5, 5.41) is 1.03. The highest BCUT2D eigenvalue weighted by molar-refractivity contribution is 7.15. The summed E-state index contributed by atoms with van der Waals surface area (Å²) in [6, 6.07) is 4.64. The lowest BCUT2D eigenvalue weighted by Crippen LogP contribution is -1.83. The quantitative estimate of drug-likeness (QED) is 0.720. The fourth-order valence-electron chi connectivity index (χ4n) is 1.17. The van der Waals surface area contributed by atoms with Crippen molar-refractivity contribution in [3.05, 3.63) is 40.1 Å². The molecule has 1 aromatic carbocycles. The molecule has 0 bridgehead atoms. The second-order valence-corrected chi connectivity index (χ2v) is 4.51. The minimum absolute atomic E-state index is 0.327. The Morgan fingerprint density at radius 3 is 2.79 bits per heavy atom. The fourth-order valence-corrected chi connectivity index (χ4v) is 2.31. The average molecular weight is 228 g/mol. The third-order valence-electron chi connectivity index (χ3n) is 1.80. The second kappa shape index (κ2) is 3.67. The van der Waals surface area contributed by atoms with Crippen LogP contribution in [-0.4, -0.2) is 4.98 Å². The summed E-state index contributed by atoms with van der Waals surface area (Å²) in [5.74, 6) is -0.327. The molecule has 1 heterocycles. The summed E-state index contributed by atoms with van der Waals surface area (Å²) >= 11 is 7.33. The van der Waals surface area contributed by atoms with Gasteiger partial charge in [-0.1, -0.05) is 17.7 Å². The average Bonchev–Trinajstić information content (AvgIpc) is 2.51. The van der Waals surface area contributed by atoms with Crippen LogP contribution in [0.3, 0.4) is 0 Å². The van der Waals surface area contributed by atoms with Gasteiger partial charge in [0.2, 0.25) is 0 Å². The molecule has 2 aromatic rings. The number of aryl methyl sites for hydroxylation is 1. The van der Waals surface area contributed by atoms with Crippen molar-refractivity contribution < 1.29 is 4.39 Å².